The quantitative estimate of drug-likeness (QED) is 0.523. The number of imide groups is 1. The molecule has 0 saturated heterocycles. The SMILES string of the molecule is CC1=CN(C(N)=O)C(=O)/C1=C/c1ccc(-c2cccc([N+](=O)[O-])c2)o1. The van der Waals surface area contributed by atoms with Crippen molar-refractivity contribution in [3.8, 4) is 11.3 Å². The number of nitro groups is 1. The number of primary amides is 1. The first-order valence-electron chi connectivity index (χ1n) is 7.25. The van der Waals surface area contributed by atoms with Crippen LogP contribution >= 0.6 is 0 Å². The molecule has 0 unspecified atom stereocenters. The normalized spacial score (nSPS) is 15.6. The van der Waals surface area contributed by atoms with Gasteiger partial charge >= 0.3 is 6.03 Å². The van der Waals surface area contributed by atoms with Gasteiger partial charge in [0.1, 0.15) is 11.5 Å². The van der Waals surface area contributed by atoms with Gasteiger partial charge in [-0.15, -0.1) is 0 Å². The monoisotopic (exact) mass is 339 g/mol. The molecule has 1 aromatic heterocycles. The van der Waals surface area contributed by atoms with Crippen molar-refractivity contribution >= 4 is 23.7 Å². The van der Waals surface area contributed by atoms with E-state index in [1.54, 1.807) is 31.2 Å². The molecule has 8 nitrogen and oxygen atoms in total. The van der Waals surface area contributed by atoms with Crippen molar-refractivity contribution in [2.75, 3.05) is 0 Å². The minimum atomic E-state index is -0.857. The van der Waals surface area contributed by atoms with Crippen LogP contribution in [0.3, 0.4) is 0 Å². The second-order valence-electron chi connectivity index (χ2n) is 5.39. The van der Waals surface area contributed by atoms with Crippen LogP contribution in [-0.2, 0) is 4.79 Å². The molecule has 126 valence electrons. The number of nitrogens with two attached hydrogens (primary N) is 1. The molecule has 0 fully saturated rings. The van der Waals surface area contributed by atoms with E-state index in [0.717, 1.165) is 4.90 Å². The predicted molar refractivity (Wildman–Crippen MR) is 89.0 cm³/mol. The third kappa shape index (κ3) is 3.05. The van der Waals surface area contributed by atoms with Crippen molar-refractivity contribution < 1.29 is 18.9 Å². The minimum absolute atomic E-state index is 0.0457. The molecule has 8 heteroatoms. The Morgan fingerprint density at radius 3 is 2.72 bits per heavy atom. The van der Waals surface area contributed by atoms with Gasteiger partial charge in [-0.2, -0.15) is 0 Å². The molecular formula is C17H13N3O5. The van der Waals surface area contributed by atoms with Crippen LogP contribution in [0.5, 0.6) is 0 Å². The van der Waals surface area contributed by atoms with Gasteiger partial charge < -0.3 is 10.2 Å². The Kier molecular flexibility index (Phi) is 3.94. The standard InChI is InChI=1S/C17H13N3O5/c1-10-9-19(17(18)22)16(21)14(10)8-13-5-6-15(25-13)11-3-2-4-12(7-11)20(23)24/h2-9H,1H3,(H2,18,22)/b14-8+. The number of hydrogen-bond acceptors (Lipinski definition) is 5. The van der Waals surface area contributed by atoms with Crippen LogP contribution in [0.1, 0.15) is 12.7 Å². The number of amides is 3. The van der Waals surface area contributed by atoms with E-state index in [9.17, 15) is 19.7 Å². The number of carbonyl (C=O) groups is 2. The average Bonchev–Trinajstić information content (AvgIpc) is 3.15. The Bertz CT molecular complexity index is 955. The highest BCUT2D eigenvalue weighted by Crippen LogP contribution is 2.29. The van der Waals surface area contributed by atoms with Gasteiger partial charge in [-0.1, -0.05) is 12.1 Å². The number of nitro benzene ring substituents is 1. The average molecular weight is 339 g/mol. The van der Waals surface area contributed by atoms with E-state index in [-0.39, 0.29) is 5.69 Å². The second-order valence-corrected chi connectivity index (χ2v) is 5.39. The number of nitrogens with zero attached hydrogens (tertiary/aromatic N) is 2. The molecule has 2 N–H and O–H groups in total. The topological polar surface area (TPSA) is 120 Å². The number of urea groups is 1. The molecule has 0 spiro atoms. The fourth-order valence-electron chi connectivity index (χ4n) is 2.46. The highest BCUT2D eigenvalue weighted by atomic mass is 16.6. The number of benzene rings is 1. The van der Waals surface area contributed by atoms with Gasteiger partial charge in [0.15, 0.2) is 0 Å². The Morgan fingerprint density at radius 1 is 1.32 bits per heavy atom. The summed E-state index contributed by atoms with van der Waals surface area (Å²) in [6, 6.07) is 8.46. The predicted octanol–water partition coefficient (Wildman–Crippen LogP) is 3.06. The van der Waals surface area contributed by atoms with E-state index >= 15 is 0 Å². The molecule has 0 radical (unpaired) electrons. The van der Waals surface area contributed by atoms with E-state index in [4.69, 9.17) is 10.2 Å². The molecule has 0 atom stereocenters. The molecular weight excluding hydrogens is 326 g/mol. The largest absolute Gasteiger partial charge is 0.457 e. The lowest BCUT2D eigenvalue weighted by atomic mass is 10.1. The number of rotatable bonds is 3. The highest BCUT2D eigenvalue weighted by molar-refractivity contribution is 6.12. The smallest absolute Gasteiger partial charge is 0.325 e. The molecule has 0 aliphatic carbocycles. The van der Waals surface area contributed by atoms with Gasteiger partial charge in [0.2, 0.25) is 0 Å². The van der Waals surface area contributed by atoms with Gasteiger partial charge in [-0.3, -0.25) is 14.9 Å². The second kappa shape index (κ2) is 6.08. The Hall–Kier alpha value is -3.68. The highest BCUT2D eigenvalue weighted by Gasteiger charge is 2.29. The van der Waals surface area contributed by atoms with E-state index in [0.29, 0.717) is 28.2 Å². The van der Waals surface area contributed by atoms with Crippen molar-refractivity contribution in [3.05, 3.63) is 69.6 Å². The minimum Gasteiger partial charge on any atom is -0.457 e. The first kappa shape index (κ1) is 16.2. The van der Waals surface area contributed by atoms with Crippen LogP contribution in [0, 0.1) is 10.1 Å². The summed E-state index contributed by atoms with van der Waals surface area (Å²) in [6.07, 6.45) is 2.86. The van der Waals surface area contributed by atoms with Crippen LogP contribution < -0.4 is 5.73 Å². The van der Waals surface area contributed by atoms with Crippen LogP contribution in [0.2, 0.25) is 0 Å². The first-order valence-corrected chi connectivity index (χ1v) is 7.25. The van der Waals surface area contributed by atoms with Gasteiger partial charge in [-0.25, -0.2) is 9.69 Å². The summed E-state index contributed by atoms with van der Waals surface area (Å²) < 4.78 is 5.65. The molecule has 1 aromatic carbocycles. The van der Waals surface area contributed by atoms with E-state index in [1.165, 1.54) is 24.4 Å². The van der Waals surface area contributed by atoms with Crippen molar-refractivity contribution in [3.63, 3.8) is 0 Å². The van der Waals surface area contributed by atoms with Crippen LogP contribution in [0.15, 0.2) is 58.2 Å². The van der Waals surface area contributed by atoms with Crippen LogP contribution in [-0.4, -0.2) is 21.8 Å². The van der Waals surface area contributed by atoms with Gasteiger partial charge in [0, 0.05) is 29.5 Å². The molecule has 0 bridgehead atoms. The molecule has 3 amide bonds. The number of carbonyl (C=O) groups excluding carboxylic acids is 2. The van der Waals surface area contributed by atoms with E-state index in [1.807, 2.05) is 0 Å². The number of non-ortho nitro benzene ring substituents is 1. The maximum atomic E-state index is 12.1. The molecule has 3 rings (SSSR count). The summed E-state index contributed by atoms with van der Waals surface area (Å²) in [6.45, 7) is 1.68. The number of furan rings is 1. The van der Waals surface area contributed by atoms with E-state index in [2.05, 4.69) is 0 Å². The molecule has 2 aromatic rings. The summed E-state index contributed by atoms with van der Waals surface area (Å²) in [5.74, 6) is 0.275. The van der Waals surface area contributed by atoms with Gasteiger partial charge in [0.05, 0.1) is 4.92 Å². The van der Waals surface area contributed by atoms with Crippen LogP contribution in [0.4, 0.5) is 10.5 Å². The third-order valence-electron chi connectivity index (χ3n) is 3.69. The Balaban J connectivity index is 1.91. The zero-order valence-electron chi connectivity index (χ0n) is 13.1. The van der Waals surface area contributed by atoms with Crippen molar-refractivity contribution in [2.24, 2.45) is 5.73 Å². The fraction of sp³-hybridized carbons (Fsp3) is 0.0588. The van der Waals surface area contributed by atoms with Crippen molar-refractivity contribution in [1.29, 1.82) is 0 Å². The molecule has 1 aliphatic heterocycles. The Morgan fingerprint density at radius 2 is 2.08 bits per heavy atom. The molecule has 0 saturated carbocycles. The van der Waals surface area contributed by atoms with Crippen molar-refractivity contribution in [1.82, 2.24) is 4.90 Å². The fourth-order valence-corrected chi connectivity index (χ4v) is 2.46. The maximum Gasteiger partial charge on any atom is 0.325 e. The summed E-state index contributed by atoms with van der Waals surface area (Å²) in [4.78, 5) is 34.5. The summed E-state index contributed by atoms with van der Waals surface area (Å²) in [5, 5.41) is 10.9. The summed E-state index contributed by atoms with van der Waals surface area (Å²) in [5.41, 5.74) is 6.51. The number of hydrogen-bond donors (Lipinski definition) is 1. The zero-order chi connectivity index (χ0) is 18.1. The maximum absolute atomic E-state index is 12.1. The van der Waals surface area contributed by atoms with Gasteiger partial charge in [0.25, 0.3) is 11.6 Å². The third-order valence-corrected chi connectivity index (χ3v) is 3.69. The molecule has 1 aliphatic rings. The lowest BCUT2D eigenvalue weighted by molar-refractivity contribution is -0.384. The first-order chi connectivity index (χ1) is 11.9. The van der Waals surface area contributed by atoms with Crippen LogP contribution in [0.25, 0.3) is 17.4 Å². The molecule has 25 heavy (non-hydrogen) atoms. The van der Waals surface area contributed by atoms with Crippen molar-refractivity contribution in [2.45, 2.75) is 6.92 Å². The van der Waals surface area contributed by atoms with Gasteiger partial charge in [-0.05, 0) is 30.7 Å². The lowest BCUT2D eigenvalue weighted by Gasteiger charge is -2.06. The van der Waals surface area contributed by atoms with E-state index < -0.39 is 16.9 Å². The lowest BCUT2D eigenvalue weighted by Crippen LogP contribution is -2.33. The molecule has 2 heterocycles. The zero-order valence-corrected chi connectivity index (χ0v) is 13.1. The Labute approximate surface area is 142 Å². The summed E-state index contributed by atoms with van der Waals surface area (Å²) in [7, 11) is 0. The summed E-state index contributed by atoms with van der Waals surface area (Å²) >= 11 is 0.